The van der Waals surface area contributed by atoms with Crippen LogP contribution in [0.5, 0.6) is 0 Å². The fourth-order valence-corrected chi connectivity index (χ4v) is 3.41. The molecule has 1 aliphatic carbocycles. The fourth-order valence-electron chi connectivity index (χ4n) is 3.41. The molecule has 3 nitrogen and oxygen atoms in total. The smallest absolute Gasteiger partial charge is 0.329 e. The van der Waals surface area contributed by atoms with Crippen LogP contribution in [-0.4, -0.2) is 16.6 Å². The minimum Gasteiger partial charge on any atom is -0.479 e. The summed E-state index contributed by atoms with van der Waals surface area (Å²) in [5.41, 5.74) is 1.28. The van der Waals surface area contributed by atoms with Crippen LogP contribution in [0.15, 0.2) is 24.3 Å². The third-order valence-corrected chi connectivity index (χ3v) is 4.26. The van der Waals surface area contributed by atoms with Crippen LogP contribution in [0.1, 0.15) is 39.2 Å². The van der Waals surface area contributed by atoms with Crippen LogP contribution in [0.4, 0.5) is 5.69 Å². The van der Waals surface area contributed by atoms with Gasteiger partial charge < -0.3 is 10.4 Å². The van der Waals surface area contributed by atoms with Crippen LogP contribution in [0.25, 0.3) is 0 Å². The number of rotatable bonds is 3. The Morgan fingerprint density at radius 2 is 1.89 bits per heavy atom. The van der Waals surface area contributed by atoms with Crippen molar-refractivity contribution in [1.29, 1.82) is 0 Å². The van der Waals surface area contributed by atoms with Gasteiger partial charge in [0.1, 0.15) is 5.54 Å². The first-order valence-corrected chi connectivity index (χ1v) is 6.83. The maximum Gasteiger partial charge on any atom is 0.329 e. The normalized spacial score (nSPS) is 29.2. The zero-order valence-corrected chi connectivity index (χ0v) is 12.2. The Labute approximate surface area is 115 Å². The second kappa shape index (κ2) is 4.55. The highest BCUT2D eigenvalue weighted by atomic mass is 16.4. The number of carboxylic acids is 1. The van der Waals surface area contributed by atoms with E-state index < -0.39 is 11.5 Å². The predicted octanol–water partition coefficient (Wildman–Crippen LogP) is 3.69. The summed E-state index contributed by atoms with van der Waals surface area (Å²) >= 11 is 0. The van der Waals surface area contributed by atoms with Crippen molar-refractivity contribution in [3.05, 3.63) is 29.8 Å². The maximum atomic E-state index is 11.8. The molecular weight excluding hydrogens is 238 g/mol. The minimum atomic E-state index is -0.848. The van der Waals surface area contributed by atoms with E-state index in [-0.39, 0.29) is 11.3 Å². The van der Waals surface area contributed by atoms with Gasteiger partial charge in [-0.1, -0.05) is 38.5 Å². The van der Waals surface area contributed by atoms with E-state index in [1.54, 1.807) is 0 Å². The van der Waals surface area contributed by atoms with Crippen LogP contribution in [0.2, 0.25) is 0 Å². The number of carboxylic acid groups (broad SMARTS) is 1. The number of hydrogen-bond donors (Lipinski definition) is 2. The first-order chi connectivity index (χ1) is 8.75. The Kier molecular flexibility index (Phi) is 3.33. The summed E-state index contributed by atoms with van der Waals surface area (Å²) in [6.07, 6.45) is 1.59. The van der Waals surface area contributed by atoms with Crippen molar-refractivity contribution in [2.24, 2.45) is 11.3 Å². The number of aryl methyl sites for hydroxylation is 1. The molecule has 2 rings (SSSR count). The average Bonchev–Trinajstić information content (AvgIpc) is 2.53. The lowest BCUT2D eigenvalue weighted by atomic mass is 9.86. The van der Waals surface area contributed by atoms with Crippen LogP contribution >= 0.6 is 0 Å². The lowest BCUT2D eigenvalue weighted by molar-refractivity contribution is -0.143. The number of nitrogens with one attached hydrogen (secondary N) is 1. The van der Waals surface area contributed by atoms with Crippen LogP contribution in [0.3, 0.4) is 0 Å². The van der Waals surface area contributed by atoms with Gasteiger partial charge >= 0.3 is 5.97 Å². The molecule has 1 aromatic carbocycles. The van der Waals surface area contributed by atoms with Gasteiger partial charge in [0.25, 0.3) is 0 Å². The van der Waals surface area contributed by atoms with Crippen molar-refractivity contribution in [3.63, 3.8) is 0 Å². The summed E-state index contributed by atoms with van der Waals surface area (Å²) in [6.45, 7) is 8.35. The monoisotopic (exact) mass is 261 g/mol. The Bertz CT molecular complexity index is 478. The Morgan fingerprint density at radius 3 is 2.32 bits per heavy atom. The summed E-state index contributed by atoms with van der Waals surface area (Å²) in [5.74, 6) is -0.632. The molecule has 19 heavy (non-hydrogen) atoms. The molecule has 1 saturated carbocycles. The molecule has 2 atom stereocenters. The zero-order valence-electron chi connectivity index (χ0n) is 12.2. The molecule has 0 saturated heterocycles. The third kappa shape index (κ3) is 2.60. The minimum absolute atomic E-state index is 0.0650. The Hall–Kier alpha value is -1.51. The maximum absolute atomic E-state index is 11.8. The standard InChI is InChI=1S/C16H23NO2/c1-11-5-7-13(8-6-11)17-16(14(18)19)10-15(3,4)9-12(16)2/h5-8,12,17H,9-10H2,1-4H3,(H,18,19). The van der Waals surface area contributed by atoms with Crippen molar-refractivity contribution in [1.82, 2.24) is 0 Å². The lowest BCUT2D eigenvalue weighted by Crippen LogP contribution is -2.49. The number of benzene rings is 1. The summed E-state index contributed by atoms with van der Waals surface area (Å²) in [6, 6.07) is 7.92. The molecule has 1 aromatic rings. The zero-order chi connectivity index (χ0) is 14.3. The number of carbonyl (C=O) groups is 1. The molecule has 2 unspecified atom stereocenters. The number of anilines is 1. The van der Waals surface area contributed by atoms with E-state index in [9.17, 15) is 9.90 Å². The van der Waals surface area contributed by atoms with Gasteiger partial charge in [-0.25, -0.2) is 4.79 Å². The molecular formula is C16H23NO2. The molecule has 0 radical (unpaired) electrons. The molecule has 0 amide bonds. The van der Waals surface area contributed by atoms with E-state index in [4.69, 9.17) is 0 Å². The van der Waals surface area contributed by atoms with Gasteiger partial charge in [0.2, 0.25) is 0 Å². The average molecular weight is 261 g/mol. The van der Waals surface area contributed by atoms with E-state index in [0.29, 0.717) is 6.42 Å². The SMILES string of the molecule is Cc1ccc(NC2(C(=O)O)CC(C)(C)CC2C)cc1. The first kappa shape index (κ1) is 13.9. The van der Waals surface area contributed by atoms with E-state index in [1.165, 1.54) is 5.56 Å². The molecule has 0 spiro atoms. The predicted molar refractivity (Wildman–Crippen MR) is 77.3 cm³/mol. The van der Waals surface area contributed by atoms with Gasteiger partial charge in [-0.3, -0.25) is 0 Å². The van der Waals surface area contributed by atoms with Gasteiger partial charge in [-0.15, -0.1) is 0 Å². The van der Waals surface area contributed by atoms with Gasteiger partial charge in [0.15, 0.2) is 0 Å². The van der Waals surface area contributed by atoms with E-state index in [2.05, 4.69) is 19.2 Å². The Morgan fingerprint density at radius 1 is 1.32 bits per heavy atom. The van der Waals surface area contributed by atoms with Crippen molar-refractivity contribution < 1.29 is 9.90 Å². The van der Waals surface area contributed by atoms with E-state index in [1.807, 2.05) is 38.1 Å². The van der Waals surface area contributed by atoms with Gasteiger partial charge in [-0.05, 0) is 43.2 Å². The largest absolute Gasteiger partial charge is 0.479 e. The van der Waals surface area contributed by atoms with Crippen molar-refractivity contribution >= 4 is 11.7 Å². The molecule has 2 N–H and O–H groups in total. The van der Waals surface area contributed by atoms with Crippen molar-refractivity contribution in [2.75, 3.05) is 5.32 Å². The summed E-state index contributed by atoms with van der Waals surface area (Å²) < 4.78 is 0. The van der Waals surface area contributed by atoms with Crippen LogP contribution < -0.4 is 5.32 Å². The number of aliphatic carboxylic acids is 1. The van der Waals surface area contributed by atoms with Gasteiger partial charge in [0, 0.05) is 5.69 Å². The highest BCUT2D eigenvalue weighted by molar-refractivity contribution is 5.84. The lowest BCUT2D eigenvalue weighted by Gasteiger charge is -2.32. The second-order valence-electron chi connectivity index (χ2n) is 6.71. The Balaban J connectivity index is 2.31. The highest BCUT2D eigenvalue weighted by Crippen LogP contribution is 2.49. The summed E-state index contributed by atoms with van der Waals surface area (Å²) in [5, 5.41) is 13.0. The van der Waals surface area contributed by atoms with Crippen molar-refractivity contribution in [2.45, 2.75) is 46.1 Å². The fraction of sp³-hybridized carbons (Fsp3) is 0.562. The van der Waals surface area contributed by atoms with E-state index in [0.717, 1.165) is 12.1 Å². The second-order valence-corrected chi connectivity index (χ2v) is 6.71. The molecule has 104 valence electrons. The molecule has 3 heteroatoms. The van der Waals surface area contributed by atoms with Crippen LogP contribution in [-0.2, 0) is 4.79 Å². The highest BCUT2D eigenvalue weighted by Gasteiger charge is 2.53. The van der Waals surface area contributed by atoms with Crippen LogP contribution in [0, 0.1) is 18.3 Å². The molecule has 1 fully saturated rings. The summed E-state index contributed by atoms with van der Waals surface area (Å²) in [7, 11) is 0. The van der Waals surface area contributed by atoms with E-state index >= 15 is 0 Å². The number of hydrogen-bond acceptors (Lipinski definition) is 2. The summed E-state index contributed by atoms with van der Waals surface area (Å²) in [4.78, 5) is 11.8. The van der Waals surface area contributed by atoms with Gasteiger partial charge in [0.05, 0.1) is 0 Å². The molecule has 1 aliphatic rings. The van der Waals surface area contributed by atoms with Gasteiger partial charge in [-0.2, -0.15) is 0 Å². The molecule has 0 aromatic heterocycles. The molecule has 0 bridgehead atoms. The quantitative estimate of drug-likeness (QED) is 0.872. The molecule has 0 aliphatic heterocycles. The first-order valence-electron chi connectivity index (χ1n) is 6.83. The molecule has 0 heterocycles. The van der Waals surface area contributed by atoms with Crippen molar-refractivity contribution in [3.8, 4) is 0 Å². The topological polar surface area (TPSA) is 49.3 Å². The third-order valence-electron chi connectivity index (χ3n) is 4.26.